The maximum atomic E-state index is 10.2. The first-order chi connectivity index (χ1) is 25.2. The fraction of sp³-hybridized carbons (Fsp3) is 0.923. The second-order valence-electron chi connectivity index (χ2n) is 26.1. The van der Waals surface area contributed by atoms with E-state index in [0.717, 1.165) is 13.1 Å². The van der Waals surface area contributed by atoms with E-state index < -0.39 is 57.2 Å². The van der Waals surface area contributed by atoms with Gasteiger partial charge < -0.3 is 64.5 Å². The van der Waals surface area contributed by atoms with E-state index in [1.54, 1.807) is 27.7 Å². The third-order valence-electron chi connectivity index (χ3n) is 9.87. The summed E-state index contributed by atoms with van der Waals surface area (Å²) in [6.45, 7) is 63.6. The van der Waals surface area contributed by atoms with Gasteiger partial charge in [0.05, 0.1) is 38.3 Å². The van der Waals surface area contributed by atoms with E-state index in [0.29, 0.717) is 0 Å². The van der Waals surface area contributed by atoms with Crippen molar-refractivity contribution in [3.63, 3.8) is 0 Å². The molecule has 8 nitrogen and oxygen atoms in total. The number of halogens is 1. The van der Waals surface area contributed by atoms with Gasteiger partial charge in [-0.1, -0.05) is 94.3 Å². The summed E-state index contributed by atoms with van der Waals surface area (Å²) in [5.41, 5.74) is -4.76. The van der Waals surface area contributed by atoms with Crippen LogP contribution in [-0.2, 0) is 42.0 Å². The van der Waals surface area contributed by atoms with E-state index in [1.165, 1.54) is 0 Å². The molecule has 0 heterocycles. The van der Waals surface area contributed by atoms with Crippen LogP contribution in [0.2, 0.25) is 0 Å². The molecule has 14 heteroatoms. The van der Waals surface area contributed by atoms with Gasteiger partial charge in [0.15, 0.2) is 0 Å². The molecule has 66 heavy (non-hydrogen) atoms. The van der Waals surface area contributed by atoms with Crippen molar-refractivity contribution in [2.45, 2.75) is 272 Å². The Labute approximate surface area is 447 Å². The van der Waals surface area contributed by atoms with Crippen molar-refractivity contribution < 1.29 is 62.5 Å². The second-order valence-corrected chi connectivity index (χ2v) is 37.7. The van der Waals surface area contributed by atoms with E-state index in [4.69, 9.17) is 30.5 Å². The maximum Gasteiger partial charge on any atom is 2.00 e. The summed E-state index contributed by atoms with van der Waals surface area (Å²) in [4.78, 5) is 4.36. The Kier molecular flexibility index (Phi) is 48.4. The predicted molar refractivity (Wildman–Crippen MR) is 305 cm³/mol. The molecule has 0 bridgehead atoms. The Morgan fingerprint density at radius 2 is 0.621 bits per heavy atom. The van der Waals surface area contributed by atoms with Crippen molar-refractivity contribution >= 4 is 34.8 Å². The largest absolute Gasteiger partial charge is 2.00 e. The minimum atomic E-state index is -1.08. The van der Waals surface area contributed by atoms with Gasteiger partial charge in [-0.2, -0.15) is 0 Å². The molecule has 0 saturated carbocycles. The number of likely N-dealkylation sites (N-methyl/N-ethyl adjacent to an activating group) is 2. The summed E-state index contributed by atoms with van der Waals surface area (Å²) < 4.78 is 12.7. The topological polar surface area (TPSA) is 106 Å². The van der Waals surface area contributed by atoms with Crippen molar-refractivity contribution in [3.05, 3.63) is 29.7 Å². The van der Waals surface area contributed by atoms with Gasteiger partial charge in [-0.3, -0.25) is 0 Å². The van der Waals surface area contributed by atoms with Crippen LogP contribution in [0.25, 0.3) is 0 Å². The molecule has 0 aliphatic rings. The average molecular weight is 1120 g/mol. The molecule has 0 fully saturated rings. The Bertz CT molecular complexity index is 1040. The van der Waals surface area contributed by atoms with Gasteiger partial charge in [0.25, 0.3) is 0 Å². The third kappa shape index (κ3) is 43.8. The van der Waals surface area contributed by atoms with Crippen molar-refractivity contribution in [2.75, 3.05) is 41.3 Å². The molecule has 4 N–H and O–H groups in total. The van der Waals surface area contributed by atoms with E-state index in [2.05, 4.69) is 163 Å². The van der Waals surface area contributed by atoms with Crippen LogP contribution in [0.4, 0.5) is 0 Å². The monoisotopic (exact) mass is 1120 g/mol. The van der Waals surface area contributed by atoms with Crippen LogP contribution in [0.3, 0.4) is 0 Å². The van der Waals surface area contributed by atoms with Crippen molar-refractivity contribution in [3.8, 4) is 0 Å². The molecule has 0 rings (SSSR count). The Hall–Kier alpha value is 2.25. The van der Waals surface area contributed by atoms with E-state index in [-0.39, 0.29) is 93.6 Å². The van der Waals surface area contributed by atoms with Gasteiger partial charge >= 0.3 is 16.5 Å². The Morgan fingerprint density at radius 1 is 0.409 bits per heavy atom. The smallest absolute Gasteiger partial charge is 0.387 e. The molecule has 0 spiro atoms. The second kappa shape index (κ2) is 33.9. The molecule has 0 aliphatic heterocycles. The van der Waals surface area contributed by atoms with E-state index >= 15 is 0 Å². The fourth-order valence-electron chi connectivity index (χ4n) is 4.84. The molecule has 0 saturated heterocycles. The number of hydrogen-bond acceptors (Lipinski definition) is 8. The summed E-state index contributed by atoms with van der Waals surface area (Å²) in [7, 11) is 6.23. The predicted octanol–water partition coefficient (Wildman–Crippen LogP) is 15.5. The SMILES string of the molecule is CC(C)(C)P(Cl)C(C)(C)C.CC(C)(C)P(OC(C)(C)C(C)(C)O)C(C)(C)C.CC(C)(C)[PH+](OC(C)(C)C(C)(C)O)C(C)(C)C.CC(C)(O)C(C)(C)O.CN(C)CCN(C)C.[CH3-].[CH3-].[CH3-].[CH3-].[Ni+2].[Ni]. The minimum absolute atomic E-state index is 0. The normalized spacial score (nSPS) is 13.3. The van der Waals surface area contributed by atoms with Crippen LogP contribution in [0.5, 0.6) is 0 Å². The van der Waals surface area contributed by atoms with E-state index in [1.807, 2.05) is 55.4 Å². The summed E-state index contributed by atoms with van der Waals surface area (Å²) >= 11 is 6.30. The van der Waals surface area contributed by atoms with Gasteiger partial charge in [-0.05, 0) is 163 Å². The molecule has 0 aliphatic carbocycles. The quantitative estimate of drug-likeness (QED) is 0.0974. The zero-order chi connectivity index (χ0) is 50.7. The summed E-state index contributed by atoms with van der Waals surface area (Å²) in [5, 5.41) is 39.7. The zero-order valence-corrected chi connectivity index (χ0v) is 56.8. The molecule has 0 amide bonds. The van der Waals surface area contributed by atoms with Crippen molar-refractivity contribution in [1.29, 1.82) is 0 Å². The first-order valence-electron chi connectivity index (χ1n) is 21.9. The summed E-state index contributed by atoms with van der Waals surface area (Å²) in [6, 6.07) is 0. The first kappa shape index (κ1) is 94.2. The first-order valence-corrected chi connectivity index (χ1v) is 26.8. The molecule has 0 aromatic rings. The van der Waals surface area contributed by atoms with Crippen LogP contribution < -0.4 is 0 Å². The summed E-state index contributed by atoms with van der Waals surface area (Å²) in [5.74, 6) is 0. The standard InChI is InChI=1S/2C14H31O2P.C8H18ClP.C6H16N2.C6H14O2.4CH3.2Ni/c2*1-11(2,3)17(12(4,5)6)16-14(9,10)13(7,8)15;1-7(2,3)10(9)8(4,5)6;1-7(2)5-6-8(3)4;1-5(2,7)6(3,4)8;;;;;;/h2*15H,1-10H3;1-6H3;5-6H2,1-4H3;7-8H,1-4H3;4*1H3;;/q;;;;;4*-1;;+2/p+1. The Balaban J connectivity index is -0.0000000645. The van der Waals surface area contributed by atoms with Crippen LogP contribution in [0.15, 0.2) is 0 Å². The number of rotatable bonds is 10. The summed E-state index contributed by atoms with van der Waals surface area (Å²) in [6.07, 6.45) is 0. The molecule has 420 valence electrons. The van der Waals surface area contributed by atoms with E-state index in [9.17, 15) is 10.2 Å². The third-order valence-corrected chi connectivity index (χ3v) is 21.8. The molecule has 0 atom stereocenters. The zero-order valence-electron chi connectivity index (χ0n) is 51.3. The van der Waals surface area contributed by atoms with Gasteiger partial charge in [-0.25, -0.2) is 4.52 Å². The van der Waals surface area contributed by atoms with Gasteiger partial charge in [0.1, 0.15) is 13.7 Å². The minimum Gasteiger partial charge on any atom is -0.387 e. The number of nitrogens with zero attached hydrogens (tertiary/aromatic N) is 2. The molecule has 0 unspecified atom stereocenters. The van der Waals surface area contributed by atoms with Gasteiger partial charge in [0, 0.05) is 55.3 Å². The van der Waals surface area contributed by atoms with Crippen molar-refractivity contribution in [2.24, 2.45) is 0 Å². The van der Waals surface area contributed by atoms with Crippen LogP contribution in [0, 0.1) is 29.7 Å². The van der Waals surface area contributed by atoms with Crippen LogP contribution in [-0.4, -0.2) is 136 Å². The fourth-order valence-corrected chi connectivity index (χ4v) is 13.7. The van der Waals surface area contributed by atoms with Gasteiger partial charge in [0.2, 0.25) is 0 Å². The molecular formula is C52H123ClN2Ni2O6P3-. The molecule has 0 radical (unpaired) electrons. The number of hydrogen-bond donors (Lipinski definition) is 4. The molecular weight excluding hydrogens is 994 g/mol. The number of aliphatic hydroxyl groups is 4. The Morgan fingerprint density at radius 3 is 0.727 bits per heavy atom. The van der Waals surface area contributed by atoms with Gasteiger partial charge in [-0.15, -0.1) is 0 Å². The average Bonchev–Trinajstić information content (AvgIpc) is 2.89. The van der Waals surface area contributed by atoms with Crippen LogP contribution >= 0.6 is 34.8 Å². The maximum absolute atomic E-state index is 10.2. The van der Waals surface area contributed by atoms with Crippen molar-refractivity contribution in [1.82, 2.24) is 9.80 Å². The van der Waals surface area contributed by atoms with Crippen LogP contribution in [0.1, 0.15) is 208 Å². The molecule has 0 aromatic heterocycles. The molecule has 0 aromatic carbocycles.